The lowest BCUT2D eigenvalue weighted by molar-refractivity contribution is 0.497. The van der Waals surface area contributed by atoms with Crippen LogP contribution in [0.1, 0.15) is 34.2 Å². The van der Waals surface area contributed by atoms with Crippen LogP contribution >= 0.6 is 0 Å². The molecule has 2 unspecified atom stereocenters. The second kappa shape index (κ2) is 12.0. The highest BCUT2D eigenvalue weighted by Crippen LogP contribution is 2.67. The molecule has 1 heteroatoms. The molecule has 0 radical (unpaired) electrons. The van der Waals surface area contributed by atoms with Crippen LogP contribution in [0.4, 0.5) is 17.1 Å². The number of fused-ring (bicyclic) bond motifs is 10. The molecule has 9 aromatic carbocycles. The summed E-state index contributed by atoms with van der Waals surface area (Å²) in [6.07, 6.45) is 5.98. The van der Waals surface area contributed by atoms with Gasteiger partial charge in [0.25, 0.3) is 0 Å². The molecule has 0 bridgehead atoms. The summed E-state index contributed by atoms with van der Waals surface area (Å²) in [7, 11) is 0. The van der Waals surface area contributed by atoms with Gasteiger partial charge in [0.1, 0.15) is 0 Å². The van der Waals surface area contributed by atoms with E-state index in [4.69, 9.17) is 0 Å². The summed E-state index contributed by atoms with van der Waals surface area (Å²) < 4.78 is 0. The van der Waals surface area contributed by atoms with E-state index in [2.05, 4.69) is 211 Å². The molecule has 1 nitrogen and oxygen atoms in total. The standard InChI is InChI=1S/C55H37N/c1-5-16-36(17-6-1)38-28-30-49-46(32-38)47-33-39(37-18-7-2-8-19-37)29-31-50(47)55(49)51-27-15-26-45-43-24-13-14-25-44(43)48-34-42(35-52(55)54(48)53(45)51)56(40-20-9-3-10-21-40)41-22-11-4-12-23-41/h1-30,32-35,50H,31H2. The van der Waals surface area contributed by atoms with Crippen molar-refractivity contribution in [3.05, 3.63) is 234 Å². The van der Waals surface area contributed by atoms with E-state index in [1.54, 1.807) is 0 Å². The van der Waals surface area contributed by atoms with Gasteiger partial charge in [-0.25, -0.2) is 0 Å². The Morgan fingerprint density at radius 2 is 1.00 bits per heavy atom. The van der Waals surface area contributed by atoms with Crippen molar-refractivity contribution in [2.75, 3.05) is 4.90 Å². The molecule has 262 valence electrons. The Hall–Kier alpha value is -6.96. The molecule has 0 fully saturated rings. The van der Waals surface area contributed by atoms with E-state index in [0.29, 0.717) is 0 Å². The number of anilines is 3. The van der Waals surface area contributed by atoms with Crippen molar-refractivity contribution in [1.29, 1.82) is 0 Å². The number of allylic oxidation sites excluding steroid dienone is 4. The van der Waals surface area contributed by atoms with Crippen LogP contribution < -0.4 is 4.90 Å². The minimum absolute atomic E-state index is 0.220. The summed E-state index contributed by atoms with van der Waals surface area (Å²) in [6, 6.07) is 72.1. The maximum absolute atomic E-state index is 2.56. The van der Waals surface area contributed by atoms with E-state index >= 15 is 0 Å². The lowest BCUT2D eigenvalue weighted by atomic mass is 9.64. The third kappa shape index (κ3) is 4.31. The molecular formula is C55H37N. The number of hydrogen-bond donors (Lipinski definition) is 0. The second-order valence-electron chi connectivity index (χ2n) is 15.5. The van der Waals surface area contributed by atoms with E-state index in [1.807, 2.05) is 0 Å². The minimum atomic E-state index is -0.387. The average Bonchev–Trinajstić information content (AvgIpc) is 3.74. The largest absolute Gasteiger partial charge is 0.310 e. The van der Waals surface area contributed by atoms with Gasteiger partial charge >= 0.3 is 0 Å². The van der Waals surface area contributed by atoms with Gasteiger partial charge < -0.3 is 4.90 Å². The van der Waals surface area contributed by atoms with Crippen LogP contribution in [0.2, 0.25) is 0 Å². The van der Waals surface area contributed by atoms with Gasteiger partial charge in [-0.05, 0) is 131 Å². The molecule has 0 aliphatic heterocycles. The second-order valence-corrected chi connectivity index (χ2v) is 15.5. The summed E-state index contributed by atoms with van der Waals surface area (Å²) in [5, 5.41) is 8.08. The minimum Gasteiger partial charge on any atom is -0.310 e. The van der Waals surface area contributed by atoms with Crippen molar-refractivity contribution in [2.24, 2.45) is 5.92 Å². The first-order valence-electron chi connectivity index (χ1n) is 19.8. The van der Waals surface area contributed by atoms with Gasteiger partial charge in [0.15, 0.2) is 0 Å². The zero-order chi connectivity index (χ0) is 36.8. The molecule has 12 rings (SSSR count). The van der Waals surface area contributed by atoms with Crippen molar-refractivity contribution < 1.29 is 0 Å². The lowest BCUT2D eigenvalue weighted by Crippen LogP contribution is -2.33. The van der Waals surface area contributed by atoms with Crippen LogP contribution in [0.25, 0.3) is 54.6 Å². The van der Waals surface area contributed by atoms with Gasteiger partial charge in [-0.3, -0.25) is 0 Å². The van der Waals surface area contributed by atoms with Crippen molar-refractivity contribution in [1.82, 2.24) is 0 Å². The Kier molecular flexibility index (Phi) is 6.74. The quantitative estimate of drug-likeness (QED) is 0.161. The molecular weight excluding hydrogens is 675 g/mol. The van der Waals surface area contributed by atoms with Crippen molar-refractivity contribution >= 4 is 60.5 Å². The molecule has 3 aliphatic carbocycles. The van der Waals surface area contributed by atoms with E-state index in [1.165, 1.54) is 88.1 Å². The van der Waals surface area contributed by atoms with E-state index in [0.717, 1.165) is 17.8 Å². The molecule has 56 heavy (non-hydrogen) atoms. The van der Waals surface area contributed by atoms with Crippen molar-refractivity contribution in [2.45, 2.75) is 11.8 Å². The van der Waals surface area contributed by atoms with Gasteiger partial charge in [-0.15, -0.1) is 0 Å². The van der Waals surface area contributed by atoms with Gasteiger partial charge in [0, 0.05) is 23.0 Å². The zero-order valence-corrected chi connectivity index (χ0v) is 30.9. The molecule has 2 atom stereocenters. The van der Waals surface area contributed by atoms with E-state index in [-0.39, 0.29) is 11.3 Å². The summed E-state index contributed by atoms with van der Waals surface area (Å²) in [6.45, 7) is 0. The third-order valence-electron chi connectivity index (χ3n) is 12.8. The van der Waals surface area contributed by atoms with Crippen LogP contribution in [-0.4, -0.2) is 0 Å². The monoisotopic (exact) mass is 711 g/mol. The van der Waals surface area contributed by atoms with Crippen LogP contribution in [-0.2, 0) is 5.41 Å². The number of rotatable bonds is 5. The van der Waals surface area contributed by atoms with E-state index in [9.17, 15) is 0 Å². The van der Waals surface area contributed by atoms with Gasteiger partial charge in [-0.1, -0.05) is 164 Å². The third-order valence-corrected chi connectivity index (χ3v) is 12.8. The summed E-state index contributed by atoms with van der Waals surface area (Å²) in [4.78, 5) is 2.45. The Bertz CT molecular complexity index is 3050. The first-order chi connectivity index (χ1) is 27.8. The molecule has 0 heterocycles. The Labute approximate surface area is 327 Å². The SMILES string of the molecule is C1=C(c2ccccc2)C=C2c3cc(-c4ccccc4)ccc3C3(c4cccc5c6ccccc6c6cc(N(c7ccccc7)c7ccccc7)cc3c6c45)C2C1. The highest BCUT2D eigenvalue weighted by Gasteiger charge is 2.56. The molecule has 1 spiro atoms. The number of benzene rings is 9. The highest BCUT2D eigenvalue weighted by atomic mass is 15.1. The predicted octanol–water partition coefficient (Wildman–Crippen LogP) is 14.4. The van der Waals surface area contributed by atoms with Crippen LogP contribution in [0.15, 0.2) is 206 Å². The number of para-hydroxylation sites is 2. The first kappa shape index (κ1) is 31.4. The zero-order valence-electron chi connectivity index (χ0n) is 30.9. The Morgan fingerprint density at radius 3 is 1.70 bits per heavy atom. The average molecular weight is 712 g/mol. The highest BCUT2D eigenvalue weighted by molar-refractivity contribution is 6.30. The maximum Gasteiger partial charge on any atom is 0.0542 e. The fourth-order valence-electron chi connectivity index (χ4n) is 10.6. The topological polar surface area (TPSA) is 3.24 Å². The molecule has 0 saturated carbocycles. The Morgan fingerprint density at radius 1 is 0.411 bits per heavy atom. The first-order valence-corrected chi connectivity index (χ1v) is 19.8. The fraction of sp³-hybridized carbons (Fsp3) is 0.0545. The number of nitrogens with zero attached hydrogens (tertiary/aromatic N) is 1. The van der Waals surface area contributed by atoms with Crippen LogP contribution in [0.3, 0.4) is 0 Å². The maximum atomic E-state index is 2.56. The molecule has 3 aliphatic rings. The molecule has 0 aromatic heterocycles. The van der Waals surface area contributed by atoms with E-state index < -0.39 is 0 Å². The molecule has 9 aromatic rings. The summed E-state index contributed by atoms with van der Waals surface area (Å²) >= 11 is 0. The molecule has 0 N–H and O–H groups in total. The normalized spacial score (nSPS) is 17.7. The summed E-state index contributed by atoms with van der Waals surface area (Å²) in [5.41, 5.74) is 15.2. The van der Waals surface area contributed by atoms with Crippen molar-refractivity contribution in [3.8, 4) is 11.1 Å². The van der Waals surface area contributed by atoms with Gasteiger partial charge in [0.2, 0.25) is 0 Å². The lowest BCUT2D eigenvalue weighted by Gasteiger charge is -2.37. The summed E-state index contributed by atoms with van der Waals surface area (Å²) in [5.74, 6) is 0.220. The smallest absolute Gasteiger partial charge is 0.0542 e. The van der Waals surface area contributed by atoms with Crippen LogP contribution in [0, 0.1) is 5.92 Å². The Balaban J connectivity index is 1.21. The van der Waals surface area contributed by atoms with Gasteiger partial charge in [0.05, 0.1) is 5.41 Å². The molecule has 0 amide bonds. The fourth-order valence-corrected chi connectivity index (χ4v) is 10.6. The van der Waals surface area contributed by atoms with Crippen molar-refractivity contribution in [3.63, 3.8) is 0 Å². The molecule has 0 saturated heterocycles. The predicted molar refractivity (Wildman–Crippen MR) is 236 cm³/mol. The number of hydrogen-bond acceptors (Lipinski definition) is 1. The van der Waals surface area contributed by atoms with Gasteiger partial charge in [-0.2, -0.15) is 0 Å². The van der Waals surface area contributed by atoms with Crippen LogP contribution in [0.5, 0.6) is 0 Å².